The van der Waals surface area contributed by atoms with Crippen molar-refractivity contribution in [1.82, 2.24) is 0 Å². The van der Waals surface area contributed by atoms with E-state index in [1.807, 2.05) is 12.1 Å². The molecular weight excluding hydrogens is 291 g/mol. The molecule has 0 spiro atoms. The molecule has 0 aliphatic carbocycles. The van der Waals surface area contributed by atoms with Crippen LogP contribution < -0.4 is 0 Å². The Labute approximate surface area is 118 Å². The van der Waals surface area contributed by atoms with Crippen molar-refractivity contribution in [2.75, 3.05) is 0 Å². The van der Waals surface area contributed by atoms with Crippen LogP contribution >= 0.6 is 34.5 Å². The molecule has 1 aliphatic heterocycles. The van der Waals surface area contributed by atoms with E-state index < -0.39 is 0 Å². The predicted molar refractivity (Wildman–Crippen MR) is 72.7 cm³/mol. The second-order valence-electron chi connectivity index (χ2n) is 4.04. The van der Waals surface area contributed by atoms with E-state index >= 15 is 0 Å². The fourth-order valence-corrected chi connectivity index (χ4v) is 3.42. The number of thiophene rings is 1. The maximum atomic E-state index is 12.3. The molecule has 0 unspecified atom stereocenters. The number of benzene rings is 1. The van der Waals surface area contributed by atoms with Crippen molar-refractivity contribution in [3.05, 3.63) is 55.2 Å². The minimum Gasteiger partial charge on any atom is -0.372 e. The Balaban J connectivity index is 2.00. The van der Waals surface area contributed by atoms with Crippen molar-refractivity contribution >= 4 is 40.3 Å². The van der Waals surface area contributed by atoms with Crippen LogP contribution in [0, 0.1) is 0 Å². The van der Waals surface area contributed by atoms with E-state index in [1.54, 1.807) is 12.1 Å². The second kappa shape index (κ2) is 4.67. The SMILES string of the molecule is O=C(c1ccc2c(c1)COC2)c1cc(Cl)sc1Cl. The first kappa shape index (κ1) is 12.2. The summed E-state index contributed by atoms with van der Waals surface area (Å²) in [6.07, 6.45) is 0. The van der Waals surface area contributed by atoms with Crippen LogP contribution in [0.2, 0.25) is 8.67 Å². The van der Waals surface area contributed by atoms with Gasteiger partial charge in [-0.05, 0) is 23.3 Å². The number of rotatable bonds is 2. The number of hydrogen-bond acceptors (Lipinski definition) is 3. The van der Waals surface area contributed by atoms with Crippen LogP contribution in [0.4, 0.5) is 0 Å². The molecule has 0 saturated carbocycles. The lowest BCUT2D eigenvalue weighted by Crippen LogP contribution is -2.01. The zero-order valence-electron chi connectivity index (χ0n) is 9.20. The van der Waals surface area contributed by atoms with E-state index in [4.69, 9.17) is 27.9 Å². The molecule has 18 heavy (non-hydrogen) atoms. The third kappa shape index (κ3) is 2.08. The van der Waals surface area contributed by atoms with Gasteiger partial charge in [0, 0.05) is 5.56 Å². The number of carbonyl (C=O) groups excluding carboxylic acids is 1. The van der Waals surface area contributed by atoms with Crippen molar-refractivity contribution in [2.45, 2.75) is 13.2 Å². The van der Waals surface area contributed by atoms with Gasteiger partial charge in [-0.3, -0.25) is 4.79 Å². The molecule has 2 nitrogen and oxygen atoms in total. The lowest BCUT2D eigenvalue weighted by molar-refractivity contribution is 0.103. The van der Waals surface area contributed by atoms with Crippen molar-refractivity contribution < 1.29 is 9.53 Å². The van der Waals surface area contributed by atoms with Gasteiger partial charge >= 0.3 is 0 Å². The fourth-order valence-electron chi connectivity index (χ4n) is 1.96. The molecule has 2 heterocycles. The number of hydrogen-bond donors (Lipinski definition) is 0. The zero-order valence-corrected chi connectivity index (χ0v) is 11.5. The normalized spacial score (nSPS) is 13.7. The van der Waals surface area contributed by atoms with E-state index in [1.165, 1.54) is 11.3 Å². The quantitative estimate of drug-likeness (QED) is 0.772. The Bertz CT molecular complexity index is 634. The summed E-state index contributed by atoms with van der Waals surface area (Å²) in [5, 5.41) is 0. The van der Waals surface area contributed by atoms with Crippen LogP contribution in [-0.4, -0.2) is 5.78 Å². The third-order valence-corrected chi connectivity index (χ3v) is 4.37. The van der Waals surface area contributed by atoms with E-state index in [0.29, 0.717) is 33.0 Å². The number of carbonyl (C=O) groups is 1. The Morgan fingerprint density at radius 3 is 2.67 bits per heavy atom. The first-order valence-corrected chi connectivity index (χ1v) is 6.91. The van der Waals surface area contributed by atoms with Gasteiger partial charge in [0.05, 0.1) is 23.1 Å². The molecule has 0 bridgehead atoms. The number of fused-ring (bicyclic) bond motifs is 1. The molecule has 0 N–H and O–H groups in total. The highest BCUT2D eigenvalue weighted by Gasteiger charge is 2.19. The molecule has 92 valence electrons. The van der Waals surface area contributed by atoms with Crippen LogP contribution in [-0.2, 0) is 18.0 Å². The van der Waals surface area contributed by atoms with Crippen LogP contribution in [0.5, 0.6) is 0 Å². The largest absolute Gasteiger partial charge is 0.372 e. The van der Waals surface area contributed by atoms with E-state index in [9.17, 15) is 4.79 Å². The van der Waals surface area contributed by atoms with Crippen LogP contribution in [0.25, 0.3) is 0 Å². The summed E-state index contributed by atoms with van der Waals surface area (Å²) in [5.74, 6) is -0.0992. The van der Waals surface area contributed by atoms with Gasteiger partial charge in [0.1, 0.15) is 4.34 Å². The van der Waals surface area contributed by atoms with Gasteiger partial charge in [-0.1, -0.05) is 35.3 Å². The summed E-state index contributed by atoms with van der Waals surface area (Å²) in [6.45, 7) is 1.18. The van der Waals surface area contributed by atoms with Gasteiger partial charge in [-0.2, -0.15) is 0 Å². The standard InChI is InChI=1S/C13H8Cl2O2S/c14-11-4-10(13(15)18-11)12(16)7-1-2-8-5-17-6-9(8)3-7/h1-4H,5-6H2. The van der Waals surface area contributed by atoms with E-state index in [0.717, 1.165) is 11.1 Å². The van der Waals surface area contributed by atoms with E-state index in [2.05, 4.69) is 0 Å². The van der Waals surface area contributed by atoms with Crippen LogP contribution in [0.1, 0.15) is 27.0 Å². The molecular formula is C13H8Cl2O2S. The average molecular weight is 299 g/mol. The summed E-state index contributed by atoms with van der Waals surface area (Å²) < 4.78 is 6.28. The molecule has 0 saturated heterocycles. The number of ether oxygens (including phenoxy) is 1. The highest BCUT2D eigenvalue weighted by molar-refractivity contribution is 7.20. The zero-order chi connectivity index (χ0) is 12.7. The van der Waals surface area contributed by atoms with Gasteiger partial charge in [-0.25, -0.2) is 0 Å². The molecule has 3 rings (SSSR count). The highest BCUT2D eigenvalue weighted by atomic mass is 35.5. The second-order valence-corrected chi connectivity index (χ2v) is 6.33. The maximum Gasteiger partial charge on any atom is 0.195 e. The Morgan fingerprint density at radius 2 is 1.94 bits per heavy atom. The summed E-state index contributed by atoms with van der Waals surface area (Å²) >= 11 is 13.1. The van der Waals surface area contributed by atoms with Crippen LogP contribution in [0.15, 0.2) is 24.3 Å². The molecule has 0 fully saturated rings. The highest BCUT2D eigenvalue weighted by Crippen LogP contribution is 2.33. The van der Waals surface area contributed by atoms with Gasteiger partial charge in [0.2, 0.25) is 0 Å². The van der Waals surface area contributed by atoms with Gasteiger partial charge in [0.15, 0.2) is 5.78 Å². The molecule has 1 aromatic carbocycles. The summed E-state index contributed by atoms with van der Waals surface area (Å²) in [4.78, 5) is 12.3. The Kier molecular flexibility index (Phi) is 3.16. The maximum absolute atomic E-state index is 12.3. The Morgan fingerprint density at radius 1 is 1.17 bits per heavy atom. The Hall–Kier alpha value is -0.870. The minimum atomic E-state index is -0.0992. The summed E-state index contributed by atoms with van der Waals surface area (Å²) in [5.41, 5.74) is 3.29. The summed E-state index contributed by atoms with van der Waals surface area (Å²) in [7, 11) is 0. The van der Waals surface area contributed by atoms with Gasteiger partial charge in [-0.15, -0.1) is 11.3 Å². The molecule has 1 aliphatic rings. The number of ketones is 1. The topological polar surface area (TPSA) is 26.3 Å². The van der Waals surface area contributed by atoms with Crippen molar-refractivity contribution in [3.63, 3.8) is 0 Å². The van der Waals surface area contributed by atoms with Gasteiger partial charge in [0.25, 0.3) is 0 Å². The molecule has 1 aromatic heterocycles. The van der Waals surface area contributed by atoms with Crippen LogP contribution in [0.3, 0.4) is 0 Å². The third-order valence-electron chi connectivity index (χ3n) is 2.88. The summed E-state index contributed by atoms with van der Waals surface area (Å²) in [6, 6.07) is 7.21. The smallest absolute Gasteiger partial charge is 0.195 e. The molecule has 2 aromatic rings. The van der Waals surface area contributed by atoms with Crippen molar-refractivity contribution in [3.8, 4) is 0 Å². The predicted octanol–water partition coefficient (Wildman–Crippen LogP) is 4.32. The lowest BCUT2D eigenvalue weighted by Gasteiger charge is -2.02. The van der Waals surface area contributed by atoms with Crippen molar-refractivity contribution in [2.24, 2.45) is 0 Å². The lowest BCUT2D eigenvalue weighted by atomic mass is 10.0. The van der Waals surface area contributed by atoms with Gasteiger partial charge < -0.3 is 4.74 Å². The first-order valence-electron chi connectivity index (χ1n) is 5.34. The molecule has 0 radical (unpaired) electrons. The monoisotopic (exact) mass is 298 g/mol. The molecule has 0 atom stereocenters. The molecule has 5 heteroatoms. The molecule has 0 amide bonds. The van der Waals surface area contributed by atoms with E-state index in [-0.39, 0.29) is 5.78 Å². The fraction of sp³-hybridized carbons (Fsp3) is 0.154. The minimum absolute atomic E-state index is 0.0992. The first-order chi connectivity index (χ1) is 8.65. The average Bonchev–Trinajstić information content (AvgIpc) is 2.93. The number of halogens is 2. The van der Waals surface area contributed by atoms with Crippen molar-refractivity contribution in [1.29, 1.82) is 0 Å².